The first kappa shape index (κ1) is 23.9. The number of carbonyl (C=O) groups excluding carboxylic acids is 4. The van der Waals surface area contributed by atoms with Crippen molar-refractivity contribution in [2.24, 2.45) is 5.92 Å². The van der Waals surface area contributed by atoms with Crippen molar-refractivity contribution in [3.05, 3.63) is 86.9 Å². The molecule has 2 aliphatic heterocycles. The molecule has 0 aromatic heterocycles. The lowest BCUT2D eigenvalue weighted by Crippen LogP contribution is -2.30. The number of halogens is 1. The smallest absolute Gasteiger partial charge is 0.316 e. The van der Waals surface area contributed by atoms with Crippen molar-refractivity contribution in [2.45, 2.75) is 27.2 Å². The Kier molecular flexibility index (Phi) is 6.00. The van der Waals surface area contributed by atoms with E-state index in [0.29, 0.717) is 32.6 Å². The SMILES string of the molecule is Cc1cc(OC(=O)[C@H]2CC(=O)N(c3c(C)cccc3C)C2)ccc1N1C(=O)c2ccc(Br)cc2C1=O. The Bertz CT molecular complexity index is 1440. The van der Waals surface area contributed by atoms with Crippen LogP contribution in [0.5, 0.6) is 5.75 Å². The summed E-state index contributed by atoms with van der Waals surface area (Å²) in [5.41, 5.74) is 4.50. The van der Waals surface area contributed by atoms with Crippen LogP contribution in [0.3, 0.4) is 0 Å². The van der Waals surface area contributed by atoms with Gasteiger partial charge in [0.1, 0.15) is 5.75 Å². The molecule has 0 aliphatic carbocycles. The van der Waals surface area contributed by atoms with Gasteiger partial charge in [0, 0.05) is 23.1 Å². The minimum absolute atomic E-state index is 0.0777. The van der Waals surface area contributed by atoms with Crippen LogP contribution in [-0.2, 0) is 9.59 Å². The molecule has 0 unspecified atom stereocenters. The minimum Gasteiger partial charge on any atom is -0.426 e. The third kappa shape index (κ3) is 4.01. The van der Waals surface area contributed by atoms with Crippen molar-refractivity contribution in [3.63, 3.8) is 0 Å². The highest BCUT2D eigenvalue weighted by Gasteiger charge is 2.39. The molecule has 2 heterocycles. The van der Waals surface area contributed by atoms with E-state index in [0.717, 1.165) is 21.7 Å². The molecule has 5 rings (SSSR count). The molecule has 1 saturated heterocycles. The average Bonchev–Trinajstić information content (AvgIpc) is 3.31. The zero-order chi connectivity index (χ0) is 25.7. The number of imide groups is 1. The Morgan fingerprint density at radius 2 is 1.58 bits per heavy atom. The van der Waals surface area contributed by atoms with Crippen molar-refractivity contribution < 1.29 is 23.9 Å². The van der Waals surface area contributed by atoms with Crippen LogP contribution in [0.2, 0.25) is 0 Å². The van der Waals surface area contributed by atoms with E-state index in [1.165, 1.54) is 0 Å². The van der Waals surface area contributed by atoms with Gasteiger partial charge in [-0.05, 0) is 73.9 Å². The van der Waals surface area contributed by atoms with E-state index in [2.05, 4.69) is 15.9 Å². The third-order valence-corrected chi connectivity index (χ3v) is 7.14. The van der Waals surface area contributed by atoms with Crippen molar-refractivity contribution in [1.82, 2.24) is 0 Å². The van der Waals surface area contributed by atoms with Crippen LogP contribution in [0.15, 0.2) is 59.1 Å². The normalized spacial score (nSPS) is 17.1. The molecule has 1 fully saturated rings. The van der Waals surface area contributed by atoms with Gasteiger partial charge in [0.2, 0.25) is 5.91 Å². The summed E-state index contributed by atoms with van der Waals surface area (Å²) < 4.78 is 6.32. The quantitative estimate of drug-likeness (QED) is 0.257. The summed E-state index contributed by atoms with van der Waals surface area (Å²) in [6.45, 7) is 5.89. The molecule has 2 aliphatic rings. The van der Waals surface area contributed by atoms with E-state index in [-0.39, 0.29) is 18.9 Å². The summed E-state index contributed by atoms with van der Waals surface area (Å²) >= 11 is 3.34. The van der Waals surface area contributed by atoms with E-state index in [1.54, 1.807) is 48.2 Å². The standard InChI is InChI=1S/C28H23BrN2O5/c1-15-5-4-6-16(2)25(15)30-14-18(12-24(30)32)28(35)36-20-8-10-23(17(3)11-20)31-26(33)21-9-7-19(29)13-22(21)27(31)34/h4-11,13,18H,12,14H2,1-3H3/t18-/m0/s1. The van der Waals surface area contributed by atoms with Gasteiger partial charge in [-0.2, -0.15) is 0 Å². The van der Waals surface area contributed by atoms with Crippen LogP contribution in [0.25, 0.3) is 0 Å². The van der Waals surface area contributed by atoms with Gasteiger partial charge in [0.25, 0.3) is 11.8 Å². The number of nitrogens with zero attached hydrogens (tertiary/aromatic N) is 2. The van der Waals surface area contributed by atoms with Gasteiger partial charge in [-0.3, -0.25) is 19.2 Å². The Hall–Kier alpha value is -3.78. The summed E-state index contributed by atoms with van der Waals surface area (Å²) in [7, 11) is 0. The molecule has 7 nitrogen and oxygen atoms in total. The fourth-order valence-electron chi connectivity index (χ4n) is 4.89. The maximum Gasteiger partial charge on any atom is 0.316 e. The number of para-hydroxylation sites is 1. The number of benzene rings is 3. The van der Waals surface area contributed by atoms with Crippen LogP contribution in [0.1, 0.15) is 43.8 Å². The van der Waals surface area contributed by atoms with Gasteiger partial charge in [-0.1, -0.05) is 34.1 Å². The van der Waals surface area contributed by atoms with E-state index in [4.69, 9.17) is 4.74 Å². The number of hydrogen-bond donors (Lipinski definition) is 0. The molecule has 0 N–H and O–H groups in total. The Labute approximate surface area is 216 Å². The maximum atomic E-state index is 12.9. The number of anilines is 2. The van der Waals surface area contributed by atoms with Crippen molar-refractivity contribution in [1.29, 1.82) is 0 Å². The number of rotatable bonds is 4. The molecular formula is C28H23BrN2O5. The topological polar surface area (TPSA) is 84.0 Å². The Morgan fingerprint density at radius 1 is 0.889 bits per heavy atom. The van der Waals surface area contributed by atoms with Crippen molar-refractivity contribution in [3.8, 4) is 5.75 Å². The van der Waals surface area contributed by atoms with Gasteiger partial charge >= 0.3 is 5.97 Å². The van der Waals surface area contributed by atoms with Gasteiger partial charge in [-0.15, -0.1) is 0 Å². The molecule has 3 aromatic carbocycles. The molecule has 0 bridgehead atoms. The molecular weight excluding hydrogens is 524 g/mol. The highest BCUT2D eigenvalue weighted by molar-refractivity contribution is 9.10. The molecule has 36 heavy (non-hydrogen) atoms. The van der Waals surface area contributed by atoms with Gasteiger partial charge in [-0.25, -0.2) is 4.90 Å². The second kappa shape index (κ2) is 9.02. The molecule has 0 spiro atoms. The van der Waals surface area contributed by atoms with Gasteiger partial charge < -0.3 is 9.64 Å². The van der Waals surface area contributed by atoms with E-state index in [9.17, 15) is 19.2 Å². The van der Waals surface area contributed by atoms with E-state index >= 15 is 0 Å². The van der Waals surface area contributed by atoms with Crippen LogP contribution in [-0.4, -0.2) is 30.2 Å². The number of carbonyl (C=O) groups is 4. The number of aryl methyl sites for hydroxylation is 3. The molecule has 3 aromatic rings. The zero-order valence-corrected chi connectivity index (χ0v) is 21.6. The second-order valence-electron chi connectivity index (χ2n) is 9.15. The number of fused-ring (bicyclic) bond motifs is 1. The second-order valence-corrected chi connectivity index (χ2v) is 10.1. The van der Waals surface area contributed by atoms with Crippen LogP contribution < -0.4 is 14.5 Å². The summed E-state index contributed by atoms with van der Waals surface area (Å²) in [5.74, 6) is -1.70. The molecule has 1 atom stereocenters. The lowest BCUT2D eigenvalue weighted by Gasteiger charge is -2.21. The highest BCUT2D eigenvalue weighted by atomic mass is 79.9. The molecule has 3 amide bonds. The third-order valence-electron chi connectivity index (χ3n) is 6.64. The summed E-state index contributed by atoms with van der Waals surface area (Å²) in [5, 5.41) is 0. The summed E-state index contributed by atoms with van der Waals surface area (Å²) in [6.07, 6.45) is 0.0777. The average molecular weight is 547 g/mol. The Balaban J connectivity index is 1.32. The van der Waals surface area contributed by atoms with Crippen molar-refractivity contribution >= 4 is 51.0 Å². The summed E-state index contributed by atoms with van der Waals surface area (Å²) in [6, 6.07) is 15.6. The predicted molar refractivity (Wildman–Crippen MR) is 138 cm³/mol. The van der Waals surface area contributed by atoms with Crippen LogP contribution >= 0.6 is 15.9 Å². The molecule has 8 heteroatoms. The van der Waals surface area contributed by atoms with Crippen LogP contribution in [0.4, 0.5) is 11.4 Å². The highest BCUT2D eigenvalue weighted by Crippen LogP contribution is 2.35. The number of amides is 3. The predicted octanol–water partition coefficient (Wildman–Crippen LogP) is 5.13. The fourth-order valence-corrected chi connectivity index (χ4v) is 5.25. The van der Waals surface area contributed by atoms with Crippen LogP contribution in [0, 0.1) is 26.7 Å². The maximum absolute atomic E-state index is 12.9. The first-order valence-corrected chi connectivity index (χ1v) is 12.3. The zero-order valence-electron chi connectivity index (χ0n) is 20.0. The van der Waals surface area contributed by atoms with E-state index in [1.807, 2.05) is 32.0 Å². The van der Waals surface area contributed by atoms with Gasteiger partial charge in [0.15, 0.2) is 0 Å². The lowest BCUT2D eigenvalue weighted by atomic mass is 10.1. The molecule has 182 valence electrons. The first-order valence-electron chi connectivity index (χ1n) is 11.5. The molecule has 0 saturated carbocycles. The van der Waals surface area contributed by atoms with Gasteiger partial charge in [0.05, 0.1) is 22.7 Å². The fraction of sp³-hybridized carbons (Fsp3) is 0.214. The molecule has 0 radical (unpaired) electrons. The van der Waals surface area contributed by atoms with E-state index < -0.39 is 23.7 Å². The minimum atomic E-state index is -0.592. The van der Waals surface area contributed by atoms with Crippen molar-refractivity contribution in [2.75, 3.05) is 16.3 Å². The largest absolute Gasteiger partial charge is 0.426 e. The monoisotopic (exact) mass is 546 g/mol. The number of ether oxygens (including phenoxy) is 1. The lowest BCUT2D eigenvalue weighted by molar-refractivity contribution is -0.139. The Morgan fingerprint density at radius 3 is 2.28 bits per heavy atom. The first-order chi connectivity index (χ1) is 17.2. The number of esters is 1. The summed E-state index contributed by atoms with van der Waals surface area (Å²) in [4.78, 5) is 54.3. The number of hydrogen-bond acceptors (Lipinski definition) is 5.